The van der Waals surface area contributed by atoms with Gasteiger partial charge in [-0.25, -0.2) is 0 Å². The first-order chi connectivity index (χ1) is 9.11. The van der Waals surface area contributed by atoms with Crippen molar-refractivity contribution in [3.05, 3.63) is 46.2 Å². The molecular weight excluding hydrogens is 276 g/mol. The van der Waals surface area contributed by atoms with E-state index in [0.29, 0.717) is 10.6 Å². The van der Waals surface area contributed by atoms with Crippen LogP contribution in [0.4, 0.5) is 0 Å². The Morgan fingerprint density at radius 1 is 1.42 bits per heavy atom. The molecule has 2 nitrogen and oxygen atoms in total. The molecule has 1 aromatic carbocycles. The third kappa shape index (κ3) is 3.39. The van der Waals surface area contributed by atoms with E-state index in [4.69, 9.17) is 4.74 Å². The molecule has 1 atom stereocenters. The van der Waals surface area contributed by atoms with Gasteiger partial charge in [-0.1, -0.05) is 13.0 Å². The maximum atomic E-state index is 12.2. The van der Waals surface area contributed by atoms with E-state index >= 15 is 0 Å². The molecule has 1 unspecified atom stereocenters. The van der Waals surface area contributed by atoms with Gasteiger partial charge in [0.2, 0.25) is 0 Å². The standard InChI is InChI=1S/C15H16O2S2/c1-3-12(11-6-7-19-9-11)15(16)17-13-5-4-10(2)8-14(13)18/h4-9,12,18H,3H2,1-2H3. The summed E-state index contributed by atoms with van der Waals surface area (Å²) >= 11 is 5.93. The smallest absolute Gasteiger partial charge is 0.318 e. The molecule has 100 valence electrons. The van der Waals surface area contributed by atoms with Crippen LogP contribution in [0.25, 0.3) is 0 Å². The van der Waals surface area contributed by atoms with Crippen LogP contribution in [0.1, 0.15) is 30.4 Å². The minimum absolute atomic E-state index is 0.208. The van der Waals surface area contributed by atoms with E-state index in [1.165, 1.54) is 0 Å². The van der Waals surface area contributed by atoms with Gasteiger partial charge in [-0.15, -0.1) is 12.6 Å². The van der Waals surface area contributed by atoms with Crippen molar-refractivity contribution in [3.63, 3.8) is 0 Å². The minimum atomic E-state index is -0.222. The number of carbonyl (C=O) groups excluding carboxylic acids is 1. The average molecular weight is 292 g/mol. The number of thiol groups is 1. The maximum Gasteiger partial charge on any atom is 0.318 e. The Balaban J connectivity index is 2.16. The second kappa shape index (κ2) is 6.26. The van der Waals surface area contributed by atoms with Crippen LogP contribution in [0.15, 0.2) is 39.9 Å². The normalized spacial score (nSPS) is 12.2. The molecule has 1 aromatic heterocycles. The zero-order valence-corrected chi connectivity index (χ0v) is 12.6. The van der Waals surface area contributed by atoms with Crippen molar-refractivity contribution in [1.82, 2.24) is 0 Å². The van der Waals surface area contributed by atoms with Crippen molar-refractivity contribution in [2.24, 2.45) is 0 Å². The zero-order chi connectivity index (χ0) is 13.8. The lowest BCUT2D eigenvalue weighted by Gasteiger charge is -2.14. The fraction of sp³-hybridized carbons (Fsp3) is 0.267. The number of aryl methyl sites for hydroxylation is 1. The lowest BCUT2D eigenvalue weighted by atomic mass is 10.00. The molecule has 0 saturated carbocycles. The average Bonchev–Trinajstić information content (AvgIpc) is 2.87. The summed E-state index contributed by atoms with van der Waals surface area (Å²) in [4.78, 5) is 12.9. The molecule has 0 fully saturated rings. The molecule has 0 aliphatic rings. The molecule has 0 aliphatic carbocycles. The summed E-state index contributed by atoms with van der Waals surface area (Å²) in [6.07, 6.45) is 0.726. The third-order valence-electron chi connectivity index (χ3n) is 2.96. The molecule has 0 bridgehead atoms. The minimum Gasteiger partial charge on any atom is -0.425 e. The Kier molecular flexibility index (Phi) is 4.66. The summed E-state index contributed by atoms with van der Waals surface area (Å²) in [7, 11) is 0. The Labute approximate surface area is 122 Å². The van der Waals surface area contributed by atoms with Crippen molar-refractivity contribution < 1.29 is 9.53 Å². The van der Waals surface area contributed by atoms with Gasteiger partial charge in [-0.3, -0.25) is 4.79 Å². The largest absolute Gasteiger partial charge is 0.425 e. The maximum absolute atomic E-state index is 12.2. The summed E-state index contributed by atoms with van der Waals surface area (Å²) in [5, 5.41) is 3.97. The van der Waals surface area contributed by atoms with Crippen molar-refractivity contribution in [2.75, 3.05) is 0 Å². The number of thiophene rings is 1. The van der Waals surface area contributed by atoms with Gasteiger partial charge in [0.15, 0.2) is 0 Å². The summed E-state index contributed by atoms with van der Waals surface area (Å²) in [6, 6.07) is 7.55. The fourth-order valence-corrected chi connectivity index (χ4v) is 2.94. The molecule has 0 spiro atoms. The first kappa shape index (κ1) is 14.2. The van der Waals surface area contributed by atoms with Crippen molar-refractivity contribution in [1.29, 1.82) is 0 Å². The molecule has 2 aromatic rings. The quantitative estimate of drug-likeness (QED) is 0.512. The molecular formula is C15H16O2S2. The summed E-state index contributed by atoms with van der Waals surface area (Å²) in [5.41, 5.74) is 2.11. The molecule has 0 aliphatic heterocycles. The first-order valence-electron chi connectivity index (χ1n) is 6.15. The highest BCUT2D eigenvalue weighted by atomic mass is 32.1. The Morgan fingerprint density at radius 2 is 2.21 bits per heavy atom. The molecule has 2 rings (SSSR count). The number of rotatable bonds is 4. The molecule has 0 N–H and O–H groups in total. The number of benzene rings is 1. The van der Waals surface area contributed by atoms with Gasteiger partial charge >= 0.3 is 5.97 Å². The molecule has 19 heavy (non-hydrogen) atoms. The highest BCUT2D eigenvalue weighted by molar-refractivity contribution is 7.80. The highest BCUT2D eigenvalue weighted by Gasteiger charge is 2.21. The van der Waals surface area contributed by atoms with E-state index in [9.17, 15) is 4.79 Å². The molecule has 1 heterocycles. The van der Waals surface area contributed by atoms with Gasteiger partial charge in [-0.05, 0) is 53.4 Å². The van der Waals surface area contributed by atoms with Gasteiger partial charge in [0.25, 0.3) is 0 Å². The Bertz CT molecular complexity index is 562. The van der Waals surface area contributed by atoms with E-state index in [1.807, 2.05) is 42.8 Å². The van der Waals surface area contributed by atoms with Crippen molar-refractivity contribution in [3.8, 4) is 5.75 Å². The topological polar surface area (TPSA) is 26.3 Å². The van der Waals surface area contributed by atoms with Crippen LogP contribution in [0.2, 0.25) is 0 Å². The van der Waals surface area contributed by atoms with Crippen LogP contribution in [0.5, 0.6) is 5.75 Å². The van der Waals surface area contributed by atoms with Crippen LogP contribution < -0.4 is 4.74 Å². The summed E-state index contributed by atoms with van der Waals surface area (Å²) < 4.78 is 5.47. The van der Waals surface area contributed by atoms with Crippen LogP contribution in [0.3, 0.4) is 0 Å². The van der Waals surface area contributed by atoms with Gasteiger partial charge in [0, 0.05) is 4.90 Å². The predicted octanol–water partition coefficient (Wildman–Crippen LogP) is 4.44. The van der Waals surface area contributed by atoms with Gasteiger partial charge in [0.05, 0.1) is 5.92 Å². The monoisotopic (exact) mass is 292 g/mol. The zero-order valence-electron chi connectivity index (χ0n) is 10.9. The molecule has 0 saturated heterocycles. The lowest BCUT2D eigenvalue weighted by molar-refractivity contribution is -0.136. The Morgan fingerprint density at radius 3 is 2.79 bits per heavy atom. The van der Waals surface area contributed by atoms with E-state index in [-0.39, 0.29) is 11.9 Å². The van der Waals surface area contributed by atoms with Gasteiger partial charge in [0.1, 0.15) is 5.75 Å². The van der Waals surface area contributed by atoms with Crippen molar-refractivity contribution >= 4 is 29.9 Å². The lowest BCUT2D eigenvalue weighted by Crippen LogP contribution is -2.18. The van der Waals surface area contributed by atoms with Crippen molar-refractivity contribution in [2.45, 2.75) is 31.1 Å². The molecule has 0 radical (unpaired) electrons. The Hall–Kier alpha value is -1.26. The van der Waals surface area contributed by atoms with Gasteiger partial charge < -0.3 is 4.74 Å². The highest BCUT2D eigenvalue weighted by Crippen LogP contribution is 2.28. The number of hydrogen-bond acceptors (Lipinski definition) is 4. The van der Waals surface area contributed by atoms with Crippen LogP contribution in [-0.4, -0.2) is 5.97 Å². The first-order valence-corrected chi connectivity index (χ1v) is 7.54. The van der Waals surface area contributed by atoms with E-state index in [2.05, 4.69) is 12.6 Å². The number of ether oxygens (including phenoxy) is 1. The molecule has 4 heteroatoms. The van der Waals surface area contributed by atoms with Crippen LogP contribution in [-0.2, 0) is 4.79 Å². The molecule has 0 amide bonds. The second-order valence-electron chi connectivity index (χ2n) is 4.41. The summed E-state index contributed by atoms with van der Waals surface area (Å²) in [5.74, 6) is 0.0907. The van der Waals surface area contributed by atoms with Crippen LogP contribution >= 0.6 is 24.0 Å². The second-order valence-corrected chi connectivity index (χ2v) is 5.67. The SMILES string of the molecule is CCC(C(=O)Oc1ccc(C)cc1S)c1ccsc1. The van der Waals surface area contributed by atoms with E-state index in [0.717, 1.165) is 17.5 Å². The fourth-order valence-electron chi connectivity index (χ4n) is 1.90. The van der Waals surface area contributed by atoms with Crippen LogP contribution in [0, 0.1) is 6.92 Å². The third-order valence-corrected chi connectivity index (χ3v) is 4.01. The number of carbonyl (C=O) groups is 1. The van der Waals surface area contributed by atoms with E-state index in [1.54, 1.807) is 17.4 Å². The summed E-state index contributed by atoms with van der Waals surface area (Å²) in [6.45, 7) is 3.96. The van der Waals surface area contributed by atoms with Gasteiger partial charge in [-0.2, -0.15) is 11.3 Å². The van der Waals surface area contributed by atoms with E-state index < -0.39 is 0 Å². The number of hydrogen-bond donors (Lipinski definition) is 1. The number of esters is 1. The predicted molar refractivity (Wildman–Crippen MR) is 81.4 cm³/mol.